The van der Waals surface area contributed by atoms with E-state index in [9.17, 15) is 4.79 Å². The van der Waals surface area contributed by atoms with Crippen molar-refractivity contribution >= 4 is 44.4 Å². The second-order valence-electron chi connectivity index (χ2n) is 7.36. The van der Waals surface area contributed by atoms with Crippen LogP contribution in [0.25, 0.3) is 11.3 Å². The van der Waals surface area contributed by atoms with Gasteiger partial charge in [-0.3, -0.25) is 4.79 Å². The summed E-state index contributed by atoms with van der Waals surface area (Å²) in [6, 6.07) is 23.5. The van der Waals surface area contributed by atoms with Crippen LogP contribution in [0.3, 0.4) is 0 Å². The zero-order chi connectivity index (χ0) is 23.9. The fourth-order valence-electron chi connectivity index (χ4n) is 3.24. The summed E-state index contributed by atoms with van der Waals surface area (Å²) >= 11 is 5.69. The van der Waals surface area contributed by atoms with Crippen molar-refractivity contribution < 1.29 is 18.8 Å². The lowest BCUT2D eigenvalue weighted by molar-refractivity contribution is 0.0946. The van der Waals surface area contributed by atoms with E-state index in [0.717, 1.165) is 15.6 Å². The number of nitrogens with one attached hydrogen (secondary N) is 1. The molecule has 6 nitrogen and oxygen atoms in total. The lowest BCUT2D eigenvalue weighted by Gasteiger charge is -2.15. The molecule has 1 amide bonds. The molecule has 0 aliphatic carbocycles. The Morgan fingerprint density at radius 2 is 1.56 bits per heavy atom. The molecule has 0 spiro atoms. The van der Waals surface area contributed by atoms with E-state index < -0.39 is 0 Å². The average Bonchev–Trinajstić information content (AvgIpc) is 3.25. The fraction of sp³-hybridized carbons (Fsp3) is 0.154. The van der Waals surface area contributed by atoms with Gasteiger partial charge in [0.1, 0.15) is 24.7 Å². The highest BCUT2D eigenvalue weighted by atomic mass is 127. The topological polar surface area (TPSA) is 73.6 Å². The molecule has 34 heavy (non-hydrogen) atoms. The molecule has 0 bridgehead atoms. The zero-order valence-electron chi connectivity index (χ0n) is 18.4. The molecule has 0 radical (unpaired) electrons. The third-order valence-electron chi connectivity index (χ3n) is 4.94. The number of amides is 1. The highest BCUT2D eigenvalue weighted by Crippen LogP contribution is 2.41. The Morgan fingerprint density at radius 3 is 2.15 bits per heavy atom. The van der Waals surface area contributed by atoms with Crippen molar-refractivity contribution in [2.24, 2.45) is 0 Å². The summed E-state index contributed by atoms with van der Waals surface area (Å²) in [5.41, 5.74) is 2.99. The van der Waals surface area contributed by atoms with E-state index in [4.69, 9.17) is 14.0 Å². The molecule has 4 rings (SSSR count). The molecule has 0 aliphatic heterocycles. The van der Waals surface area contributed by atoms with E-state index in [1.807, 2.05) is 79.7 Å². The summed E-state index contributed by atoms with van der Waals surface area (Å²) in [7, 11) is 0. The van der Waals surface area contributed by atoms with Gasteiger partial charge in [0, 0.05) is 12.6 Å². The van der Waals surface area contributed by atoms with Crippen LogP contribution in [0.1, 0.15) is 28.5 Å². The maximum atomic E-state index is 12.3. The normalized spacial score (nSPS) is 10.7. The fourth-order valence-corrected chi connectivity index (χ4v) is 4.43. The Kier molecular flexibility index (Phi) is 8.23. The van der Waals surface area contributed by atoms with Gasteiger partial charge in [-0.2, -0.15) is 0 Å². The molecule has 0 aliphatic rings. The summed E-state index contributed by atoms with van der Waals surface area (Å²) < 4.78 is 19.2. The van der Waals surface area contributed by atoms with Crippen molar-refractivity contribution in [1.29, 1.82) is 0 Å². The molecule has 0 atom stereocenters. The van der Waals surface area contributed by atoms with Crippen LogP contribution in [-0.4, -0.2) is 17.6 Å². The van der Waals surface area contributed by atoms with Crippen molar-refractivity contribution in [1.82, 2.24) is 10.5 Å². The van der Waals surface area contributed by atoms with Crippen LogP contribution in [-0.2, 0) is 13.2 Å². The molecule has 4 aromatic rings. The van der Waals surface area contributed by atoms with Crippen molar-refractivity contribution in [2.75, 3.05) is 6.54 Å². The van der Waals surface area contributed by atoms with Gasteiger partial charge in [-0.1, -0.05) is 65.8 Å². The summed E-state index contributed by atoms with van der Waals surface area (Å²) in [5, 5.41) is 6.76. The minimum Gasteiger partial charge on any atom is -0.488 e. The van der Waals surface area contributed by atoms with E-state index in [0.29, 0.717) is 46.2 Å². The smallest absolute Gasteiger partial charge is 0.274 e. The van der Waals surface area contributed by atoms with Gasteiger partial charge in [-0.25, -0.2) is 0 Å². The third kappa shape index (κ3) is 5.79. The van der Waals surface area contributed by atoms with Crippen LogP contribution in [0.5, 0.6) is 11.5 Å². The van der Waals surface area contributed by atoms with Crippen molar-refractivity contribution in [2.45, 2.75) is 20.1 Å². The summed E-state index contributed by atoms with van der Waals surface area (Å²) in [4.78, 5) is 12.3. The first-order valence-electron chi connectivity index (χ1n) is 10.7. The first-order chi connectivity index (χ1) is 16.6. The van der Waals surface area contributed by atoms with Gasteiger partial charge in [0.05, 0.1) is 13.6 Å². The molecule has 174 valence electrons. The average molecular weight is 633 g/mol. The Bertz CT molecular complexity index is 1260. The number of benzene rings is 3. The molecule has 3 aromatic carbocycles. The Labute approximate surface area is 219 Å². The Morgan fingerprint density at radius 1 is 0.971 bits per heavy atom. The van der Waals surface area contributed by atoms with Crippen molar-refractivity contribution in [3.05, 3.63) is 97.7 Å². The number of carbonyl (C=O) groups excluding carboxylic acids is 1. The molecule has 0 fully saturated rings. The molecular formula is C26H22BrIN2O4. The first kappa shape index (κ1) is 24.3. The number of aromatic nitrogens is 1. The van der Waals surface area contributed by atoms with Gasteiger partial charge < -0.3 is 19.3 Å². The van der Waals surface area contributed by atoms with Crippen LogP contribution in [0.15, 0.2) is 81.8 Å². The first-order valence-corrected chi connectivity index (χ1v) is 12.5. The molecular weight excluding hydrogens is 611 g/mol. The second-order valence-corrected chi connectivity index (χ2v) is 9.29. The van der Waals surface area contributed by atoms with Crippen LogP contribution in [0.2, 0.25) is 0 Å². The third-order valence-corrected chi connectivity index (χ3v) is 6.56. The monoisotopic (exact) mass is 632 g/mol. The Balaban J connectivity index is 1.68. The minimum atomic E-state index is -0.282. The molecule has 0 saturated carbocycles. The molecule has 1 heterocycles. The quantitative estimate of drug-likeness (QED) is 0.210. The molecule has 1 aromatic heterocycles. The van der Waals surface area contributed by atoms with Gasteiger partial charge in [-0.05, 0) is 62.6 Å². The molecule has 0 unspecified atom stereocenters. The number of nitrogens with zero attached hydrogens (tertiary/aromatic N) is 1. The van der Waals surface area contributed by atoms with Crippen molar-refractivity contribution in [3.63, 3.8) is 0 Å². The van der Waals surface area contributed by atoms with Gasteiger partial charge in [0.2, 0.25) is 0 Å². The van der Waals surface area contributed by atoms with E-state index in [1.165, 1.54) is 0 Å². The summed E-state index contributed by atoms with van der Waals surface area (Å²) in [6.07, 6.45) is 0. The van der Waals surface area contributed by atoms with E-state index in [1.54, 1.807) is 0 Å². The SMILES string of the molecule is CCNC(=O)c1noc(-c2cc(Br)c(OCc3ccccc3)cc2OCc2ccccc2)c1I. The molecule has 8 heteroatoms. The predicted octanol–water partition coefficient (Wildman–Crippen LogP) is 6.62. The van der Waals surface area contributed by atoms with Gasteiger partial charge in [0.25, 0.3) is 5.91 Å². The number of ether oxygens (including phenoxy) is 2. The number of hydrogen-bond acceptors (Lipinski definition) is 5. The lowest BCUT2D eigenvalue weighted by Crippen LogP contribution is -2.23. The van der Waals surface area contributed by atoms with E-state index in [2.05, 4.69) is 49.0 Å². The minimum absolute atomic E-state index is 0.243. The largest absolute Gasteiger partial charge is 0.488 e. The lowest BCUT2D eigenvalue weighted by atomic mass is 10.1. The number of halogens is 2. The van der Waals surface area contributed by atoms with E-state index >= 15 is 0 Å². The van der Waals surface area contributed by atoms with Crippen LogP contribution in [0.4, 0.5) is 0 Å². The van der Waals surface area contributed by atoms with Crippen LogP contribution < -0.4 is 14.8 Å². The maximum Gasteiger partial charge on any atom is 0.274 e. The highest BCUT2D eigenvalue weighted by Gasteiger charge is 2.24. The molecule has 0 saturated heterocycles. The van der Waals surface area contributed by atoms with Gasteiger partial charge >= 0.3 is 0 Å². The maximum absolute atomic E-state index is 12.3. The number of rotatable bonds is 9. The predicted molar refractivity (Wildman–Crippen MR) is 142 cm³/mol. The second kappa shape index (κ2) is 11.5. The number of hydrogen-bond donors (Lipinski definition) is 1. The molecule has 1 N–H and O–H groups in total. The Hall–Kier alpha value is -2.85. The van der Waals surface area contributed by atoms with Crippen LogP contribution >= 0.6 is 38.5 Å². The van der Waals surface area contributed by atoms with E-state index in [-0.39, 0.29) is 11.6 Å². The van der Waals surface area contributed by atoms with Crippen molar-refractivity contribution in [3.8, 4) is 22.8 Å². The highest BCUT2D eigenvalue weighted by molar-refractivity contribution is 14.1. The summed E-state index contributed by atoms with van der Waals surface area (Å²) in [5.74, 6) is 1.37. The van der Waals surface area contributed by atoms with Gasteiger partial charge in [-0.15, -0.1) is 0 Å². The zero-order valence-corrected chi connectivity index (χ0v) is 22.1. The standard InChI is InChI=1S/C26H22BrIN2O4/c1-2-29-26(31)24-23(28)25(34-30-24)19-13-20(27)22(33-16-18-11-7-4-8-12-18)14-21(19)32-15-17-9-5-3-6-10-17/h3-14H,2,15-16H2,1H3,(H,29,31). The van der Waals surface area contributed by atoms with Crippen LogP contribution in [0, 0.1) is 3.57 Å². The summed E-state index contributed by atoms with van der Waals surface area (Å²) in [6.45, 7) is 3.13. The number of carbonyl (C=O) groups is 1. The van der Waals surface area contributed by atoms with Gasteiger partial charge in [0.15, 0.2) is 11.5 Å².